The third-order valence-electron chi connectivity index (χ3n) is 3.91. The Balaban J connectivity index is 1.71. The van der Waals surface area contributed by atoms with Gasteiger partial charge in [-0.05, 0) is 42.3 Å². The molecule has 0 saturated carbocycles. The van der Waals surface area contributed by atoms with Crippen LogP contribution in [0.5, 0.6) is 5.88 Å². The van der Waals surface area contributed by atoms with Gasteiger partial charge < -0.3 is 14.7 Å². The molecule has 1 N–H and O–H groups in total. The Morgan fingerprint density at radius 3 is 3.04 bits per heavy atom. The molecule has 0 spiro atoms. The molecule has 2 aromatic rings. The maximum atomic E-state index is 9.27. The topological polar surface area (TPSA) is 45.6 Å². The van der Waals surface area contributed by atoms with Crippen LogP contribution in [0.2, 0.25) is 5.02 Å². The van der Waals surface area contributed by atoms with E-state index < -0.39 is 0 Å². The molecular formula is C17H18BrClN2O2. The van der Waals surface area contributed by atoms with Crippen molar-refractivity contribution in [3.8, 4) is 5.88 Å². The second-order valence-electron chi connectivity index (χ2n) is 5.51. The van der Waals surface area contributed by atoms with Crippen molar-refractivity contribution in [1.29, 1.82) is 0 Å². The molecule has 3 rings (SSSR count). The highest BCUT2D eigenvalue weighted by Crippen LogP contribution is 2.30. The molecule has 0 unspecified atom stereocenters. The Morgan fingerprint density at radius 1 is 1.39 bits per heavy atom. The van der Waals surface area contributed by atoms with Crippen LogP contribution in [0.15, 0.2) is 41.0 Å². The molecule has 23 heavy (non-hydrogen) atoms. The third kappa shape index (κ3) is 3.97. The average Bonchev–Trinajstić information content (AvgIpc) is 2.98. The fourth-order valence-corrected chi connectivity index (χ4v) is 3.42. The molecule has 1 aromatic heterocycles. The molecule has 1 fully saturated rings. The fourth-order valence-electron chi connectivity index (χ4n) is 2.84. The summed E-state index contributed by atoms with van der Waals surface area (Å²) in [7, 11) is 0. The van der Waals surface area contributed by atoms with Crippen molar-refractivity contribution >= 4 is 33.2 Å². The van der Waals surface area contributed by atoms with Gasteiger partial charge in [-0.3, -0.25) is 0 Å². The Hall–Kier alpha value is -1.30. The highest BCUT2D eigenvalue weighted by Gasteiger charge is 2.26. The van der Waals surface area contributed by atoms with Gasteiger partial charge in [-0.2, -0.15) is 0 Å². The van der Waals surface area contributed by atoms with E-state index in [1.165, 1.54) is 0 Å². The van der Waals surface area contributed by atoms with E-state index in [-0.39, 0.29) is 12.7 Å². The van der Waals surface area contributed by atoms with Crippen LogP contribution in [0.25, 0.3) is 0 Å². The molecule has 0 aliphatic carbocycles. The van der Waals surface area contributed by atoms with Crippen LogP contribution in [0.3, 0.4) is 0 Å². The van der Waals surface area contributed by atoms with Crippen LogP contribution in [0.1, 0.15) is 12.0 Å². The number of ether oxygens (including phenoxy) is 1. The molecule has 1 aromatic carbocycles. The molecular weight excluding hydrogens is 380 g/mol. The van der Waals surface area contributed by atoms with Crippen LogP contribution in [0, 0.1) is 0 Å². The zero-order valence-corrected chi connectivity index (χ0v) is 14.9. The molecule has 1 aliphatic rings. The number of aliphatic hydroxyl groups excluding tert-OH is 1. The minimum atomic E-state index is 0.0630. The van der Waals surface area contributed by atoms with Gasteiger partial charge in [0.25, 0.3) is 0 Å². The lowest BCUT2D eigenvalue weighted by Gasteiger charge is -2.22. The zero-order chi connectivity index (χ0) is 16.2. The Bertz CT molecular complexity index is 683. The fraction of sp³-hybridized carbons (Fsp3) is 0.353. The predicted molar refractivity (Wildman–Crippen MR) is 95.4 cm³/mol. The van der Waals surface area contributed by atoms with Gasteiger partial charge >= 0.3 is 0 Å². The molecule has 0 amide bonds. The van der Waals surface area contributed by atoms with Crippen LogP contribution in [-0.2, 0) is 6.42 Å². The molecule has 0 radical (unpaired) electrons. The first-order chi connectivity index (χ1) is 11.2. The molecule has 1 saturated heterocycles. The number of rotatable bonds is 5. The third-order valence-corrected chi connectivity index (χ3v) is 4.69. The number of halogens is 2. The summed E-state index contributed by atoms with van der Waals surface area (Å²) in [5, 5.41) is 9.81. The van der Waals surface area contributed by atoms with E-state index in [0.717, 1.165) is 35.2 Å². The highest BCUT2D eigenvalue weighted by atomic mass is 79.9. The van der Waals surface area contributed by atoms with Crippen molar-refractivity contribution in [1.82, 2.24) is 4.98 Å². The normalized spacial score (nSPS) is 17.5. The van der Waals surface area contributed by atoms with Gasteiger partial charge in [-0.15, -0.1) is 0 Å². The lowest BCUT2D eigenvalue weighted by molar-refractivity contribution is 0.216. The number of aliphatic hydroxyl groups is 1. The summed E-state index contributed by atoms with van der Waals surface area (Å²) in [5.74, 6) is 0.493. The molecule has 6 heteroatoms. The molecule has 1 aliphatic heterocycles. The maximum absolute atomic E-state index is 9.27. The van der Waals surface area contributed by atoms with E-state index in [1.807, 2.05) is 6.07 Å². The van der Waals surface area contributed by atoms with Crippen LogP contribution in [0.4, 0.5) is 5.69 Å². The van der Waals surface area contributed by atoms with Crippen molar-refractivity contribution in [2.45, 2.75) is 18.9 Å². The van der Waals surface area contributed by atoms with Gasteiger partial charge in [0.05, 0.1) is 6.54 Å². The van der Waals surface area contributed by atoms with Gasteiger partial charge in [0.15, 0.2) is 0 Å². The monoisotopic (exact) mass is 396 g/mol. The first-order valence-corrected chi connectivity index (χ1v) is 8.76. The summed E-state index contributed by atoms with van der Waals surface area (Å²) in [6.45, 7) is 1.84. The summed E-state index contributed by atoms with van der Waals surface area (Å²) >= 11 is 9.60. The van der Waals surface area contributed by atoms with E-state index in [2.05, 4.69) is 37.9 Å². The molecule has 122 valence electrons. The van der Waals surface area contributed by atoms with Crippen molar-refractivity contribution in [3.05, 3.63) is 51.6 Å². The smallest absolute Gasteiger partial charge is 0.232 e. The number of hydrogen-bond acceptors (Lipinski definition) is 4. The van der Waals surface area contributed by atoms with Crippen molar-refractivity contribution < 1.29 is 9.84 Å². The van der Waals surface area contributed by atoms with Gasteiger partial charge in [0.1, 0.15) is 11.1 Å². The Morgan fingerprint density at radius 2 is 2.26 bits per heavy atom. The molecule has 4 nitrogen and oxygen atoms in total. The van der Waals surface area contributed by atoms with Crippen LogP contribution >= 0.6 is 27.5 Å². The quantitative estimate of drug-likeness (QED) is 0.836. The first kappa shape index (κ1) is 16.6. The molecule has 2 heterocycles. The SMILES string of the molecule is OCCc1cc(Br)ccc1N1CC[C@H](Oc2ncccc2Cl)C1. The first-order valence-electron chi connectivity index (χ1n) is 7.59. The number of nitrogens with zero attached hydrogens (tertiary/aromatic N) is 2. The molecule has 1 atom stereocenters. The summed E-state index contributed by atoms with van der Waals surface area (Å²) in [6.07, 6.45) is 3.31. The number of hydrogen-bond donors (Lipinski definition) is 1. The van der Waals surface area contributed by atoms with Crippen molar-refractivity contribution in [2.75, 3.05) is 24.6 Å². The van der Waals surface area contributed by atoms with E-state index in [4.69, 9.17) is 16.3 Å². The standard InChI is InChI=1S/C17H18BrClN2O2/c18-13-3-4-16(12(10-13)6-9-22)21-8-5-14(11-21)23-17-15(19)2-1-7-20-17/h1-4,7,10,14,22H,5-6,8-9,11H2/t14-/m0/s1. The van der Waals surface area contributed by atoms with Gasteiger partial charge in [0.2, 0.25) is 5.88 Å². The lowest BCUT2D eigenvalue weighted by Crippen LogP contribution is -2.25. The summed E-state index contributed by atoms with van der Waals surface area (Å²) in [5.41, 5.74) is 2.29. The molecule has 0 bridgehead atoms. The minimum absolute atomic E-state index is 0.0630. The Labute approximate surface area is 149 Å². The second kappa shape index (κ2) is 7.51. The average molecular weight is 398 g/mol. The number of aromatic nitrogens is 1. The minimum Gasteiger partial charge on any atom is -0.471 e. The van der Waals surface area contributed by atoms with Crippen LogP contribution < -0.4 is 9.64 Å². The largest absolute Gasteiger partial charge is 0.471 e. The summed E-state index contributed by atoms with van der Waals surface area (Å²) in [6, 6.07) is 9.75. The van der Waals surface area contributed by atoms with Crippen LogP contribution in [-0.4, -0.2) is 35.9 Å². The predicted octanol–water partition coefficient (Wildman–Crippen LogP) is 3.69. The van der Waals surface area contributed by atoms with E-state index in [0.29, 0.717) is 17.3 Å². The lowest BCUT2D eigenvalue weighted by atomic mass is 10.1. The van der Waals surface area contributed by atoms with Gasteiger partial charge in [-0.1, -0.05) is 27.5 Å². The summed E-state index contributed by atoms with van der Waals surface area (Å²) < 4.78 is 6.96. The highest BCUT2D eigenvalue weighted by molar-refractivity contribution is 9.10. The second-order valence-corrected chi connectivity index (χ2v) is 6.83. The number of benzene rings is 1. The van der Waals surface area contributed by atoms with Crippen molar-refractivity contribution in [2.24, 2.45) is 0 Å². The van der Waals surface area contributed by atoms with Gasteiger partial charge in [0, 0.05) is 35.9 Å². The van der Waals surface area contributed by atoms with E-state index in [1.54, 1.807) is 18.3 Å². The van der Waals surface area contributed by atoms with E-state index >= 15 is 0 Å². The van der Waals surface area contributed by atoms with Crippen molar-refractivity contribution in [3.63, 3.8) is 0 Å². The van der Waals surface area contributed by atoms with Gasteiger partial charge in [-0.25, -0.2) is 4.98 Å². The summed E-state index contributed by atoms with van der Waals surface area (Å²) in [4.78, 5) is 6.48. The van der Waals surface area contributed by atoms with E-state index in [9.17, 15) is 5.11 Å². The number of pyridine rings is 1. The number of anilines is 1. The zero-order valence-electron chi connectivity index (χ0n) is 12.6. The Kier molecular flexibility index (Phi) is 5.41. The maximum Gasteiger partial charge on any atom is 0.232 e.